The number of non-ortho nitro benzene ring substituents is 1. The Hall–Kier alpha value is -3.52. The zero-order chi connectivity index (χ0) is 19.2. The van der Waals surface area contributed by atoms with Gasteiger partial charge in [0.15, 0.2) is 0 Å². The van der Waals surface area contributed by atoms with Gasteiger partial charge in [0.2, 0.25) is 0 Å². The van der Waals surface area contributed by atoms with Crippen LogP contribution in [0, 0.1) is 10.1 Å². The summed E-state index contributed by atoms with van der Waals surface area (Å²) >= 11 is 1.25. The van der Waals surface area contributed by atoms with Crippen molar-refractivity contribution in [2.45, 2.75) is 0 Å². The second-order valence-electron chi connectivity index (χ2n) is 5.44. The first-order valence-corrected chi connectivity index (χ1v) is 8.70. The van der Waals surface area contributed by atoms with Gasteiger partial charge in [0, 0.05) is 28.4 Å². The van der Waals surface area contributed by atoms with Crippen LogP contribution in [0.1, 0.15) is 15.2 Å². The first kappa shape index (κ1) is 18.3. The maximum atomic E-state index is 12.2. The Morgan fingerprint density at radius 3 is 2.70 bits per heavy atom. The minimum absolute atomic E-state index is 0.00560. The molecule has 27 heavy (non-hydrogen) atoms. The fourth-order valence-electron chi connectivity index (χ4n) is 2.32. The van der Waals surface area contributed by atoms with E-state index in [9.17, 15) is 14.9 Å². The van der Waals surface area contributed by atoms with Gasteiger partial charge in [-0.3, -0.25) is 14.9 Å². The summed E-state index contributed by atoms with van der Waals surface area (Å²) in [6, 6.07) is 13.6. The predicted molar refractivity (Wildman–Crippen MR) is 106 cm³/mol. The molecule has 0 radical (unpaired) electrons. The molecule has 1 aromatic heterocycles. The highest BCUT2D eigenvalue weighted by atomic mass is 32.1. The van der Waals surface area contributed by atoms with Gasteiger partial charge in [0.05, 0.1) is 16.9 Å². The number of thiophene rings is 1. The molecule has 0 saturated heterocycles. The molecule has 3 rings (SSSR count). The number of carbonyl (C=O) groups is 1. The molecule has 3 aromatic rings. The van der Waals surface area contributed by atoms with Crippen molar-refractivity contribution in [3.05, 3.63) is 75.2 Å². The van der Waals surface area contributed by atoms with Crippen molar-refractivity contribution in [3.8, 4) is 5.75 Å². The highest BCUT2D eigenvalue weighted by molar-refractivity contribution is 7.20. The second kappa shape index (κ2) is 8.24. The van der Waals surface area contributed by atoms with Crippen molar-refractivity contribution in [1.82, 2.24) is 5.43 Å². The number of fused-ring (bicyclic) bond motifs is 1. The van der Waals surface area contributed by atoms with Gasteiger partial charge in [-0.2, -0.15) is 5.10 Å². The molecule has 0 bridgehead atoms. The fraction of sp³-hybridized carbons (Fsp3) is 0.0526. The Bertz CT molecular complexity index is 1040. The maximum absolute atomic E-state index is 12.2. The lowest BCUT2D eigenvalue weighted by Gasteiger charge is -1.98. The third-order valence-electron chi connectivity index (χ3n) is 3.67. The molecular weight excluding hydrogens is 366 g/mol. The number of nitrogens with zero attached hydrogens (tertiary/aromatic N) is 2. The van der Waals surface area contributed by atoms with Crippen molar-refractivity contribution in [3.63, 3.8) is 0 Å². The minimum Gasteiger partial charge on any atom is -0.497 e. The Morgan fingerprint density at radius 2 is 2.00 bits per heavy atom. The van der Waals surface area contributed by atoms with Crippen LogP contribution >= 0.6 is 11.3 Å². The molecule has 1 heterocycles. The predicted octanol–water partition coefficient (Wildman–Crippen LogP) is 4.25. The van der Waals surface area contributed by atoms with Gasteiger partial charge >= 0.3 is 0 Å². The van der Waals surface area contributed by atoms with Crippen molar-refractivity contribution >= 4 is 45.3 Å². The van der Waals surface area contributed by atoms with E-state index in [0.717, 1.165) is 16.0 Å². The lowest BCUT2D eigenvalue weighted by molar-refractivity contribution is -0.384. The SMILES string of the molecule is COc1ccc(/C=C/C=N\NC(=O)c2cc3cc([N+](=O)[O-])ccc3s2)cc1. The molecule has 0 saturated carbocycles. The van der Waals surface area contributed by atoms with Crippen LogP contribution in [-0.2, 0) is 0 Å². The van der Waals surface area contributed by atoms with Gasteiger partial charge in [-0.15, -0.1) is 11.3 Å². The number of nitrogens with one attached hydrogen (secondary N) is 1. The molecule has 0 atom stereocenters. The summed E-state index contributed by atoms with van der Waals surface area (Å²) in [5.74, 6) is 0.412. The van der Waals surface area contributed by atoms with E-state index >= 15 is 0 Å². The first-order valence-electron chi connectivity index (χ1n) is 7.89. The number of benzene rings is 2. The summed E-state index contributed by atoms with van der Waals surface area (Å²) in [5, 5.41) is 15.4. The molecule has 2 aromatic carbocycles. The number of rotatable bonds is 6. The van der Waals surface area contributed by atoms with Gasteiger partial charge in [0.1, 0.15) is 5.75 Å². The third-order valence-corrected chi connectivity index (χ3v) is 4.78. The zero-order valence-electron chi connectivity index (χ0n) is 14.3. The summed E-state index contributed by atoms with van der Waals surface area (Å²) in [6.45, 7) is 0. The molecule has 0 aliphatic heterocycles. The summed E-state index contributed by atoms with van der Waals surface area (Å²) in [7, 11) is 1.61. The fourth-order valence-corrected chi connectivity index (χ4v) is 3.25. The van der Waals surface area contributed by atoms with Crippen LogP contribution in [0.5, 0.6) is 5.75 Å². The molecule has 7 nitrogen and oxygen atoms in total. The summed E-state index contributed by atoms with van der Waals surface area (Å²) < 4.78 is 5.89. The number of hydrogen-bond donors (Lipinski definition) is 1. The second-order valence-corrected chi connectivity index (χ2v) is 6.53. The Morgan fingerprint density at radius 1 is 1.22 bits per heavy atom. The van der Waals surface area contributed by atoms with Crippen LogP contribution in [0.25, 0.3) is 16.2 Å². The highest BCUT2D eigenvalue weighted by Gasteiger charge is 2.12. The Balaban J connectivity index is 1.61. The Labute approximate surface area is 158 Å². The molecule has 1 N–H and O–H groups in total. The number of carbonyl (C=O) groups excluding carboxylic acids is 1. The van der Waals surface area contributed by atoms with Crippen molar-refractivity contribution < 1.29 is 14.5 Å². The van der Waals surface area contributed by atoms with E-state index in [1.807, 2.05) is 30.3 Å². The third kappa shape index (κ3) is 4.56. The molecule has 0 spiro atoms. The average Bonchev–Trinajstić information content (AvgIpc) is 3.11. The summed E-state index contributed by atoms with van der Waals surface area (Å²) in [4.78, 5) is 22.9. The quantitative estimate of drug-likeness (QED) is 0.392. The van der Waals surface area contributed by atoms with E-state index in [2.05, 4.69) is 10.5 Å². The lowest BCUT2D eigenvalue weighted by Crippen LogP contribution is -2.15. The number of hydrazone groups is 1. The van der Waals surface area contributed by atoms with E-state index in [1.165, 1.54) is 29.7 Å². The molecule has 0 aliphatic carbocycles. The average molecular weight is 381 g/mol. The van der Waals surface area contributed by atoms with E-state index in [-0.39, 0.29) is 11.6 Å². The van der Waals surface area contributed by atoms with E-state index in [1.54, 1.807) is 25.3 Å². The number of amides is 1. The largest absolute Gasteiger partial charge is 0.497 e. The Kier molecular flexibility index (Phi) is 5.58. The van der Waals surface area contributed by atoms with Crippen LogP contribution in [0.3, 0.4) is 0 Å². The van der Waals surface area contributed by atoms with Gasteiger partial charge in [0.25, 0.3) is 11.6 Å². The molecule has 0 aliphatic rings. The normalized spacial score (nSPS) is 11.3. The summed E-state index contributed by atoms with van der Waals surface area (Å²) in [6.07, 6.45) is 5.02. The van der Waals surface area contributed by atoms with Crippen LogP contribution in [0.4, 0.5) is 5.69 Å². The smallest absolute Gasteiger partial charge is 0.281 e. The number of nitro benzene ring substituents is 1. The minimum atomic E-state index is -0.462. The van der Waals surface area contributed by atoms with Gasteiger partial charge in [-0.25, -0.2) is 5.43 Å². The van der Waals surface area contributed by atoms with E-state index in [4.69, 9.17) is 4.74 Å². The van der Waals surface area contributed by atoms with Crippen molar-refractivity contribution in [2.75, 3.05) is 7.11 Å². The molecular formula is C19H15N3O4S. The topological polar surface area (TPSA) is 93.8 Å². The number of hydrogen-bond acceptors (Lipinski definition) is 6. The number of allylic oxidation sites excluding steroid dienone is 1. The zero-order valence-corrected chi connectivity index (χ0v) is 15.1. The van der Waals surface area contributed by atoms with Crippen LogP contribution in [-0.4, -0.2) is 24.2 Å². The number of methoxy groups -OCH3 is 1. The molecule has 8 heteroatoms. The van der Waals surface area contributed by atoms with Crippen LogP contribution in [0.2, 0.25) is 0 Å². The number of nitro groups is 1. The maximum Gasteiger partial charge on any atom is 0.281 e. The summed E-state index contributed by atoms with van der Waals surface area (Å²) in [5.41, 5.74) is 3.40. The lowest BCUT2D eigenvalue weighted by atomic mass is 10.2. The number of ether oxygens (including phenoxy) is 1. The van der Waals surface area contributed by atoms with Crippen molar-refractivity contribution in [1.29, 1.82) is 0 Å². The van der Waals surface area contributed by atoms with Gasteiger partial charge < -0.3 is 4.74 Å². The molecule has 1 amide bonds. The molecule has 136 valence electrons. The molecule has 0 unspecified atom stereocenters. The monoisotopic (exact) mass is 381 g/mol. The standard InChI is InChI=1S/C19H15N3O4S/c1-26-16-7-4-13(5-8-16)3-2-10-20-21-19(23)18-12-14-11-15(22(24)25)6-9-17(14)27-18/h2-12H,1H3,(H,21,23)/b3-2+,20-10-. The van der Waals surface area contributed by atoms with Crippen molar-refractivity contribution in [2.24, 2.45) is 5.10 Å². The van der Waals surface area contributed by atoms with Crippen LogP contribution in [0.15, 0.2) is 59.7 Å². The van der Waals surface area contributed by atoms with E-state index < -0.39 is 4.92 Å². The highest BCUT2D eigenvalue weighted by Crippen LogP contribution is 2.28. The first-order chi connectivity index (χ1) is 13.1. The van der Waals surface area contributed by atoms with E-state index in [0.29, 0.717) is 10.3 Å². The van der Waals surface area contributed by atoms with Gasteiger partial charge in [-0.1, -0.05) is 18.2 Å². The van der Waals surface area contributed by atoms with Gasteiger partial charge in [-0.05, 0) is 35.9 Å². The van der Waals surface area contributed by atoms with Crippen LogP contribution < -0.4 is 10.2 Å². The molecule has 0 fully saturated rings.